The highest BCUT2D eigenvalue weighted by molar-refractivity contribution is 5.93. The number of rotatable bonds is 6. The van der Waals surface area contributed by atoms with Crippen molar-refractivity contribution in [2.75, 3.05) is 27.3 Å². The number of likely N-dealkylation sites (N-methyl/N-ethyl adjacent to an activating group) is 1. The van der Waals surface area contributed by atoms with Crippen molar-refractivity contribution in [1.29, 1.82) is 0 Å². The molecule has 88 valence electrons. The Bertz CT molecular complexity index is 353. The molecule has 0 aromatic carbocycles. The first-order valence-electron chi connectivity index (χ1n) is 5.27. The molecule has 4 nitrogen and oxygen atoms in total. The van der Waals surface area contributed by atoms with Crippen LogP contribution in [0.4, 0.5) is 0 Å². The maximum atomic E-state index is 11.2. The first kappa shape index (κ1) is 12.8. The zero-order valence-corrected chi connectivity index (χ0v) is 10.1. The van der Waals surface area contributed by atoms with Gasteiger partial charge in [0, 0.05) is 32.0 Å². The fourth-order valence-electron chi connectivity index (χ4n) is 1.39. The van der Waals surface area contributed by atoms with Gasteiger partial charge in [-0.1, -0.05) is 0 Å². The molecule has 1 rings (SSSR count). The molecule has 0 aliphatic rings. The van der Waals surface area contributed by atoms with Gasteiger partial charge in [-0.2, -0.15) is 0 Å². The molecule has 0 aliphatic heterocycles. The number of Topliss-reactive ketones (excluding diaryl/α,β-unsaturated/α-hetero) is 1. The van der Waals surface area contributed by atoms with Crippen LogP contribution in [0.3, 0.4) is 0 Å². The summed E-state index contributed by atoms with van der Waals surface area (Å²) < 4.78 is 5.00. The van der Waals surface area contributed by atoms with Crippen LogP contribution in [0.5, 0.6) is 0 Å². The third-order valence-electron chi connectivity index (χ3n) is 2.33. The van der Waals surface area contributed by atoms with Crippen molar-refractivity contribution in [3.8, 4) is 0 Å². The number of aromatic nitrogens is 1. The number of carbonyl (C=O) groups is 1. The number of carbonyl (C=O) groups excluding carboxylic acids is 1. The lowest BCUT2D eigenvalue weighted by Crippen LogP contribution is -2.22. The SMILES string of the molecule is COCCN(C)Cc1cc(C(C)=O)ccn1. The quantitative estimate of drug-likeness (QED) is 0.682. The van der Waals surface area contributed by atoms with E-state index in [-0.39, 0.29) is 5.78 Å². The number of hydrogen-bond donors (Lipinski definition) is 0. The second-order valence-corrected chi connectivity index (χ2v) is 3.82. The Hall–Kier alpha value is -1.26. The predicted octanol–water partition coefficient (Wildman–Crippen LogP) is 1.36. The average molecular weight is 222 g/mol. The minimum absolute atomic E-state index is 0.0724. The fourth-order valence-corrected chi connectivity index (χ4v) is 1.39. The summed E-state index contributed by atoms with van der Waals surface area (Å²) in [5, 5.41) is 0. The van der Waals surface area contributed by atoms with Crippen LogP contribution in [0.25, 0.3) is 0 Å². The number of methoxy groups -OCH3 is 1. The van der Waals surface area contributed by atoms with E-state index in [4.69, 9.17) is 4.74 Å². The van der Waals surface area contributed by atoms with Gasteiger partial charge in [-0.15, -0.1) is 0 Å². The highest BCUT2D eigenvalue weighted by Gasteiger charge is 2.04. The molecule has 0 atom stereocenters. The molecule has 1 aromatic rings. The predicted molar refractivity (Wildman–Crippen MR) is 62.5 cm³/mol. The standard InChI is InChI=1S/C12H18N2O2/c1-10(15)11-4-5-13-12(8-11)9-14(2)6-7-16-3/h4-5,8H,6-7,9H2,1-3H3. The van der Waals surface area contributed by atoms with Gasteiger partial charge in [0.15, 0.2) is 5.78 Å². The minimum atomic E-state index is 0.0724. The summed E-state index contributed by atoms with van der Waals surface area (Å²) in [6, 6.07) is 3.58. The lowest BCUT2D eigenvalue weighted by Gasteiger charge is -2.15. The van der Waals surface area contributed by atoms with Crippen LogP contribution in [-0.2, 0) is 11.3 Å². The minimum Gasteiger partial charge on any atom is -0.383 e. The summed E-state index contributed by atoms with van der Waals surface area (Å²) in [5.41, 5.74) is 1.62. The van der Waals surface area contributed by atoms with Gasteiger partial charge in [-0.3, -0.25) is 14.7 Å². The molecule has 1 heterocycles. The second kappa shape index (κ2) is 6.35. The van der Waals surface area contributed by atoms with E-state index in [9.17, 15) is 4.79 Å². The van der Waals surface area contributed by atoms with E-state index < -0.39 is 0 Å². The summed E-state index contributed by atoms with van der Waals surface area (Å²) in [6.07, 6.45) is 1.68. The van der Waals surface area contributed by atoms with Crippen molar-refractivity contribution >= 4 is 5.78 Å². The van der Waals surface area contributed by atoms with Gasteiger partial charge in [0.1, 0.15) is 0 Å². The Labute approximate surface area is 96.2 Å². The van der Waals surface area contributed by atoms with E-state index >= 15 is 0 Å². The van der Waals surface area contributed by atoms with Gasteiger partial charge in [0.25, 0.3) is 0 Å². The molecule has 16 heavy (non-hydrogen) atoms. The van der Waals surface area contributed by atoms with Gasteiger partial charge >= 0.3 is 0 Å². The van der Waals surface area contributed by atoms with Gasteiger partial charge in [-0.05, 0) is 26.1 Å². The van der Waals surface area contributed by atoms with E-state index in [1.807, 2.05) is 13.1 Å². The second-order valence-electron chi connectivity index (χ2n) is 3.82. The van der Waals surface area contributed by atoms with E-state index in [2.05, 4.69) is 9.88 Å². The number of nitrogens with zero attached hydrogens (tertiary/aromatic N) is 2. The monoisotopic (exact) mass is 222 g/mol. The fraction of sp³-hybridized carbons (Fsp3) is 0.500. The summed E-state index contributed by atoms with van der Waals surface area (Å²) in [4.78, 5) is 17.5. The molecule has 0 radical (unpaired) electrons. The molecule has 4 heteroatoms. The highest BCUT2D eigenvalue weighted by Crippen LogP contribution is 2.05. The zero-order valence-electron chi connectivity index (χ0n) is 10.1. The molecule has 0 fully saturated rings. The summed E-state index contributed by atoms with van der Waals surface area (Å²) in [5.74, 6) is 0.0724. The first-order chi connectivity index (χ1) is 7.63. The van der Waals surface area contributed by atoms with Gasteiger partial charge in [-0.25, -0.2) is 0 Å². The van der Waals surface area contributed by atoms with Crippen molar-refractivity contribution in [1.82, 2.24) is 9.88 Å². The van der Waals surface area contributed by atoms with Crippen molar-refractivity contribution < 1.29 is 9.53 Å². The third kappa shape index (κ3) is 4.08. The van der Waals surface area contributed by atoms with E-state index in [1.54, 1.807) is 26.3 Å². The summed E-state index contributed by atoms with van der Waals surface area (Å²) in [6.45, 7) is 3.84. The Kier molecular flexibility index (Phi) is 5.08. The Balaban J connectivity index is 2.59. The molecular weight excluding hydrogens is 204 g/mol. The Morgan fingerprint density at radius 2 is 2.31 bits per heavy atom. The Morgan fingerprint density at radius 1 is 1.56 bits per heavy atom. The number of pyridine rings is 1. The topological polar surface area (TPSA) is 42.4 Å². The van der Waals surface area contributed by atoms with Gasteiger partial charge in [0.2, 0.25) is 0 Å². The van der Waals surface area contributed by atoms with Crippen LogP contribution >= 0.6 is 0 Å². The molecule has 0 N–H and O–H groups in total. The molecule has 0 saturated heterocycles. The third-order valence-corrected chi connectivity index (χ3v) is 2.33. The molecule has 0 spiro atoms. The van der Waals surface area contributed by atoms with Crippen LogP contribution in [-0.4, -0.2) is 43.0 Å². The van der Waals surface area contributed by atoms with Crippen molar-refractivity contribution in [2.24, 2.45) is 0 Å². The van der Waals surface area contributed by atoms with Crippen LogP contribution in [0, 0.1) is 0 Å². The Morgan fingerprint density at radius 3 is 2.94 bits per heavy atom. The largest absolute Gasteiger partial charge is 0.383 e. The number of ether oxygens (including phenoxy) is 1. The summed E-state index contributed by atoms with van der Waals surface area (Å²) >= 11 is 0. The molecule has 0 amide bonds. The number of ketones is 1. The van der Waals surface area contributed by atoms with Gasteiger partial charge < -0.3 is 4.74 Å². The van der Waals surface area contributed by atoms with Gasteiger partial charge in [0.05, 0.1) is 12.3 Å². The molecular formula is C12H18N2O2. The van der Waals surface area contributed by atoms with E-state index in [0.717, 1.165) is 18.8 Å². The molecule has 0 aliphatic carbocycles. The van der Waals surface area contributed by atoms with Crippen molar-refractivity contribution in [3.05, 3.63) is 29.6 Å². The van der Waals surface area contributed by atoms with Crippen LogP contribution in [0.15, 0.2) is 18.3 Å². The maximum absolute atomic E-state index is 11.2. The molecule has 0 saturated carbocycles. The average Bonchev–Trinajstić information content (AvgIpc) is 2.26. The highest BCUT2D eigenvalue weighted by atomic mass is 16.5. The van der Waals surface area contributed by atoms with Crippen molar-refractivity contribution in [3.63, 3.8) is 0 Å². The number of hydrogen-bond acceptors (Lipinski definition) is 4. The maximum Gasteiger partial charge on any atom is 0.159 e. The van der Waals surface area contributed by atoms with Crippen LogP contribution in [0.1, 0.15) is 23.0 Å². The first-order valence-corrected chi connectivity index (χ1v) is 5.27. The van der Waals surface area contributed by atoms with Crippen molar-refractivity contribution in [2.45, 2.75) is 13.5 Å². The molecule has 0 bridgehead atoms. The van der Waals surface area contributed by atoms with E-state index in [1.165, 1.54) is 0 Å². The molecule has 1 aromatic heterocycles. The normalized spacial score (nSPS) is 10.8. The van der Waals surface area contributed by atoms with Crippen LogP contribution in [0.2, 0.25) is 0 Å². The van der Waals surface area contributed by atoms with Crippen LogP contribution < -0.4 is 0 Å². The lowest BCUT2D eigenvalue weighted by molar-refractivity contribution is 0.101. The van der Waals surface area contributed by atoms with E-state index in [0.29, 0.717) is 12.2 Å². The zero-order chi connectivity index (χ0) is 12.0. The smallest absolute Gasteiger partial charge is 0.159 e. The summed E-state index contributed by atoms with van der Waals surface area (Å²) in [7, 11) is 3.68. The molecule has 0 unspecified atom stereocenters. The lowest BCUT2D eigenvalue weighted by atomic mass is 10.1.